The number of anilines is 1. The van der Waals surface area contributed by atoms with Crippen LogP contribution in [0.2, 0.25) is 5.02 Å². The largest absolute Gasteiger partial charge is 0.347 e. The van der Waals surface area contributed by atoms with E-state index < -0.39 is 6.43 Å². The summed E-state index contributed by atoms with van der Waals surface area (Å²) in [6.45, 7) is 2.78. The molecule has 0 bridgehead atoms. The molecule has 0 N–H and O–H groups in total. The molecule has 0 atom stereocenters. The highest BCUT2D eigenvalue weighted by Crippen LogP contribution is 2.32. The number of hydrogen-bond donors (Lipinski definition) is 0. The van der Waals surface area contributed by atoms with Gasteiger partial charge in [-0.2, -0.15) is 0 Å². The second-order valence-corrected chi connectivity index (χ2v) is 6.77. The van der Waals surface area contributed by atoms with Crippen molar-refractivity contribution in [1.82, 2.24) is 9.88 Å². The number of rotatable bonds is 4. The van der Waals surface area contributed by atoms with Crippen LogP contribution in [0.1, 0.15) is 6.42 Å². The lowest BCUT2D eigenvalue weighted by Crippen LogP contribution is -2.33. The summed E-state index contributed by atoms with van der Waals surface area (Å²) in [4.78, 5) is 8.69. The third kappa shape index (κ3) is 4.19. The monoisotopic (exact) mass is 357 g/mol. The molecule has 1 fully saturated rings. The van der Waals surface area contributed by atoms with Crippen LogP contribution in [0.25, 0.3) is 11.3 Å². The predicted octanol–water partition coefficient (Wildman–Crippen LogP) is 4.24. The van der Waals surface area contributed by atoms with Gasteiger partial charge in [-0.3, -0.25) is 4.90 Å². The zero-order chi connectivity index (χ0) is 16.2. The molecular formula is C16H18ClF2N3S. The average molecular weight is 358 g/mol. The van der Waals surface area contributed by atoms with Crippen molar-refractivity contribution in [2.75, 3.05) is 37.6 Å². The fraction of sp³-hybridized carbons (Fsp3) is 0.438. The lowest BCUT2D eigenvalue weighted by Gasteiger charge is -2.21. The van der Waals surface area contributed by atoms with Crippen LogP contribution in [0.4, 0.5) is 13.9 Å². The molecule has 0 amide bonds. The fourth-order valence-corrected chi connectivity index (χ4v) is 3.85. The van der Waals surface area contributed by atoms with E-state index in [1.54, 1.807) is 11.3 Å². The second kappa shape index (κ2) is 7.55. The number of thiazole rings is 1. The van der Waals surface area contributed by atoms with Crippen LogP contribution in [0.15, 0.2) is 29.6 Å². The average Bonchev–Trinajstić information content (AvgIpc) is 2.89. The molecular weight excluding hydrogens is 340 g/mol. The van der Waals surface area contributed by atoms with Gasteiger partial charge in [0.1, 0.15) is 0 Å². The molecule has 0 spiro atoms. The topological polar surface area (TPSA) is 19.4 Å². The molecule has 7 heteroatoms. The molecule has 1 aromatic heterocycles. The van der Waals surface area contributed by atoms with E-state index in [0.717, 1.165) is 35.9 Å². The van der Waals surface area contributed by atoms with Crippen molar-refractivity contribution < 1.29 is 8.78 Å². The predicted molar refractivity (Wildman–Crippen MR) is 91.8 cm³/mol. The maximum absolute atomic E-state index is 12.5. The molecule has 2 heterocycles. The molecule has 124 valence electrons. The first-order valence-electron chi connectivity index (χ1n) is 7.59. The number of benzene rings is 1. The van der Waals surface area contributed by atoms with Crippen molar-refractivity contribution in [3.63, 3.8) is 0 Å². The molecule has 1 aromatic carbocycles. The molecule has 2 aromatic rings. The van der Waals surface area contributed by atoms with Gasteiger partial charge in [0.05, 0.1) is 12.2 Å². The summed E-state index contributed by atoms with van der Waals surface area (Å²) < 4.78 is 25.0. The number of aromatic nitrogens is 1. The van der Waals surface area contributed by atoms with Crippen LogP contribution in [0.5, 0.6) is 0 Å². The first-order valence-corrected chi connectivity index (χ1v) is 8.85. The quantitative estimate of drug-likeness (QED) is 0.815. The maximum atomic E-state index is 12.5. The Labute approximate surface area is 143 Å². The first kappa shape index (κ1) is 16.6. The summed E-state index contributed by atoms with van der Waals surface area (Å²) in [6, 6.07) is 7.64. The number of alkyl halides is 2. The molecule has 23 heavy (non-hydrogen) atoms. The molecule has 0 aliphatic carbocycles. The van der Waals surface area contributed by atoms with Crippen LogP contribution >= 0.6 is 22.9 Å². The van der Waals surface area contributed by atoms with Crippen molar-refractivity contribution >= 4 is 28.1 Å². The Balaban J connectivity index is 1.70. The van der Waals surface area contributed by atoms with Crippen molar-refractivity contribution in [2.24, 2.45) is 0 Å². The van der Waals surface area contributed by atoms with Crippen LogP contribution in [-0.2, 0) is 0 Å². The van der Waals surface area contributed by atoms with Crippen molar-refractivity contribution in [1.29, 1.82) is 0 Å². The van der Waals surface area contributed by atoms with E-state index in [1.807, 2.05) is 34.5 Å². The van der Waals surface area contributed by atoms with Gasteiger partial charge < -0.3 is 4.90 Å². The Morgan fingerprint density at radius 3 is 2.78 bits per heavy atom. The normalized spacial score (nSPS) is 16.8. The molecule has 1 aliphatic heterocycles. The highest BCUT2D eigenvalue weighted by atomic mass is 35.5. The van der Waals surface area contributed by atoms with Crippen LogP contribution in [0.3, 0.4) is 0 Å². The summed E-state index contributed by atoms with van der Waals surface area (Å²) >= 11 is 7.79. The minimum atomic E-state index is -2.27. The van der Waals surface area contributed by atoms with E-state index in [9.17, 15) is 8.78 Å². The van der Waals surface area contributed by atoms with Gasteiger partial charge in [0.25, 0.3) is 6.43 Å². The van der Waals surface area contributed by atoms with Gasteiger partial charge in [-0.25, -0.2) is 13.8 Å². The minimum absolute atomic E-state index is 0.142. The Bertz CT molecular complexity index is 650. The van der Waals surface area contributed by atoms with Crippen LogP contribution in [0, 0.1) is 0 Å². The molecule has 1 aliphatic rings. The van der Waals surface area contributed by atoms with Gasteiger partial charge >= 0.3 is 0 Å². The van der Waals surface area contributed by atoms with E-state index in [4.69, 9.17) is 11.6 Å². The molecule has 0 saturated carbocycles. The summed E-state index contributed by atoms with van der Waals surface area (Å²) in [5.74, 6) is 0. The number of nitrogens with zero attached hydrogens (tertiary/aromatic N) is 3. The van der Waals surface area contributed by atoms with Crippen molar-refractivity contribution in [3.05, 3.63) is 34.7 Å². The van der Waals surface area contributed by atoms with E-state index in [2.05, 4.69) is 9.88 Å². The lowest BCUT2D eigenvalue weighted by atomic mass is 10.2. The molecule has 3 rings (SSSR count). The molecule has 1 saturated heterocycles. The first-order chi connectivity index (χ1) is 11.1. The Kier molecular flexibility index (Phi) is 5.46. The minimum Gasteiger partial charge on any atom is -0.347 e. The SMILES string of the molecule is FC(F)CN1CCCN(c2nc(-c3ccccc3Cl)cs2)CC1. The Morgan fingerprint density at radius 2 is 2.00 bits per heavy atom. The Morgan fingerprint density at radius 1 is 1.17 bits per heavy atom. The number of hydrogen-bond acceptors (Lipinski definition) is 4. The van der Waals surface area contributed by atoms with Crippen molar-refractivity contribution in [2.45, 2.75) is 12.8 Å². The fourth-order valence-electron chi connectivity index (χ4n) is 2.74. The highest BCUT2D eigenvalue weighted by molar-refractivity contribution is 7.14. The molecule has 3 nitrogen and oxygen atoms in total. The van der Waals surface area contributed by atoms with E-state index in [-0.39, 0.29) is 6.54 Å². The van der Waals surface area contributed by atoms with Gasteiger partial charge in [0, 0.05) is 42.1 Å². The van der Waals surface area contributed by atoms with E-state index in [1.165, 1.54) is 0 Å². The van der Waals surface area contributed by atoms with Gasteiger partial charge in [-0.15, -0.1) is 11.3 Å². The van der Waals surface area contributed by atoms with Crippen molar-refractivity contribution in [3.8, 4) is 11.3 Å². The van der Waals surface area contributed by atoms with Gasteiger partial charge in [0.2, 0.25) is 0 Å². The summed E-state index contributed by atoms with van der Waals surface area (Å²) in [7, 11) is 0. The third-order valence-corrected chi connectivity index (χ3v) is 5.13. The zero-order valence-corrected chi connectivity index (χ0v) is 14.2. The van der Waals surface area contributed by atoms with E-state index in [0.29, 0.717) is 18.1 Å². The Hall–Kier alpha value is -1.24. The van der Waals surface area contributed by atoms with Crippen LogP contribution in [-0.4, -0.2) is 49.0 Å². The molecule has 0 radical (unpaired) electrons. The summed E-state index contributed by atoms with van der Waals surface area (Å²) in [5.41, 5.74) is 1.79. The molecule has 0 unspecified atom stereocenters. The summed E-state index contributed by atoms with van der Waals surface area (Å²) in [5, 5.41) is 3.61. The third-order valence-electron chi connectivity index (χ3n) is 3.90. The highest BCUT2D eigenvalue weighted by Gasteiger charge is 2.20. The van der Waals surface area contributed by atoms with Gasteiger partial charge in [0.15, 0.2) is 5.13 Å². The van der Waals surface area contributed by atoms with Gasteiger partial charge in [-0.05, 0) is 12.5 Å². The van der Waals surface area contributed by atoms with Crippen LogP contribution < -0.4 is 4.90 Å². The lowest BCUT2D eigenvalue weighted by molar-refractivity contribution is 0.0917. The van der Waals surface area contributed by atoms with E-state index >= 15 is 0 Å². The summed E-state index contributed by atoms with van der Waals surface area (Å²) in [6.07, 6.45) is -1.40. The standard InChI is InChI=1S/C16H18ClF2N3S/c17-13-5-2-1-4-12(13)14-11-23-16(20-14)22-7-3-6-21(8-9-22)10-15(18)19/h1-2,4-5,11,15H,3,6-10H2. The zero-order valence-electron chi connectivity index (χ0n) is 12.6. The maximum Gasteiger partial charge on any atom is 0.251 e. The number of halogens is 3. The van der Waals surface area contributed by atoms with Gasteiger partial charge in [-0.1, -0.05) is 29.8 Å². The second-order valence-electron chi connectivity index (χ2n) is 5.53. The smallest absolute Gasteiger partial charge is 0.251 e.